The van der Waals surface area contributed by atoms with Crippen molar-refractivity contribution in [1.82, 2.24) is 19.9 Å². The molecule has 3 N–H and O–H groups in total. The van der Waals surface area contributed by atoms with Crippen LogP contribution in [0.25, 0.3) is 11.3 Å². The molecule has 0 bridgehead atoms. The Labute approximate surface area is 233 Å². The van der Waals surface area contributed by atoms with Gasteiger partial charge in [-0.1, -0.05) is 18.2 Å². The molecular weight excluding hydrogens is 508 g/mol. The second-order valence-corrected chi connectivity index (χ2v) is 9.73. The molecule has 0 atom stereocenters. The largest absolute Gasteiger partial charge is 0.378 e. The maximum absolute atomic E-state index is 13.1. The van der Waals surface area contributed by atoms with E-state index in [9.17, 15) is 9.59 Å². The minimum absolute atomic E-state index is 0.0915. The summed E-state index contributed by atoms with van der Waals surface area (Å²) in [5.74, 6) is 1.02. The quantitative estimate of drug-likeness (QED) is 0.432. The molecule has 2 fully saturated rings. The van der Waals surface area contributed by atoms with E-state index in [1.807, 2.05) is 35.2 Å². The molecule has 0 radical (unpaired) electrons. The number of nitrogens with zero attached hydrogens (tertiary/aromatic N) is 6. The number of allylic oxidation sites excluding steroid dienone is 1. The van der Waals surface area contributed by atoms with E-state index in [1.54, 1.807) is 25.4 Å². The molecule has 40 heavy (non-hydrogen) atoms. The van der Waals surface area contributed by atoms with Gasteiger partial charge >= 0.3 is 0 Å². The van der Waals surface area contributed by atoms with Crippen LogP contribution in [0.1, 0.15) is 12.5 Å². The Hall–Kier alpha value is -4.51. The summed E-state index contributed by atoms with van der Waals surface area (Å²) < 4.78 is 5.53. The van der Waals surface area contributed by atoms with Crippen molar-refractivity contribution in [3.63, 3.8) is 0 Å². The van der Waals surface area contributed by atoms with Crippen LogP contribution in [-0.4, -0.2) is 84.1 Å². The molecule has 2 amide bonds. The van der Waals surface area contributed by atoms with Crippen LogP contribution >= 0.6 is 0 Å². The summed E-state index contributed by atoms with van der Waals surface area (Å²) in [5, 5.41) is 2.80. The molecule has 0 spiro atoms. The van der Waals surface area contributed by atoms with Crippen LogP contribution in [0.2, 0.25) is 0 Å². The van der Waals surface area contributed by atoms with Gasteiger partial charge in [-0.15, -0.1) is 0 Å². The van der Waals surface area contributed by atoms with Gasteiger partial charge in [0.2, 0.25) is 17.8 Å². The Balaban J connectivity index is 1.24. The lowest BCUT2D eigenvalue weighted by atomic mass is 10.1. The summed E-state index contributed by atoms with van der Waals surface area (Å²) in [5.41, 5.74) is 9.94. The molecular formula is C29H34N8O3. The van der Waals surface area contributed by atoms with Crippen molar-refractivity contribution in [3.05, 3.63) is 66.5 Å². The number of morpholine rings is 1. The average molecular weight is 543 g/mol. The van der Waals surface area contributed by atoms with Crippen LogP contribution < -0.4 is 20.9 Å². The number of amides is 2. The lowest BCUT2D eigenvalue weighted by Crippen LogP contribution is -2.49. The molecule has 2 aliphatic rings. The topological polar surface area (TPSA) is 130 Å². The number of nitrogen functional groups attached to an aromatic ring is 1. The number of nitrogens with one attached hydrogen (secondary N) is 1. The van der Waals surface area contributed by atoms with Crippen molar-refractivity contribution in [2.75, 3.05) is 73.3 Å². The first-order valence-electron chi connectivity index (χ1n) is 13.5. The zero-order valence-electron chi connectivity index (χ0n) is 22.6. The molecule has 5 rings (SSSR count). The number of hydrogen-bond acceptors (Lipinski definition) is 9. The fourth-order valence-electron chi connectivity index (χ4n) is 4.80. The van der Waals surface area contributed by atoms with Gasteiger partial charge in [-0.2, -0.15) is 0 Å². The molecule has 208 valence electrons. The number of ether oxygens (including phenoxy) is 1. The summed E-state index contributed by atoms with van der Waals surface area (Å²) in [7, 11) is 0. The predicted octanol–water partition coefficient (Wildman–Crippen LogP) is 2.36. The van der Waals surface area contributed by atoms with E-state index in [0.717, 1.165) is 41.4 Å². The summed E-state index contributed by atoms with van der Waals surface area (Å²) in [6.07, 6.45) is 6.86. The molecule has 0 saturated carbocycles. The van der Waals surface area contributed by atoms with E-state index in [0.29, 0.717) is 51.5 Å². The number of nitrogens with two attached hydrogens (primary N) is 1. The number of carbonyl (C=O) groups excluding carboxylic acids is 2. The number of benzene rings is 1. The highest BCUT2D eigenvalue weighted by molar-refractivity contribution is 5.99. The van der Waals surface area contributed by atoms with Gasteiger partial charge < -0.3 is 30.5 Å². The molecule has 2 aliphatic heterocycles. The van der Waals surface area contributed by atoms with E-state index in [4.69, 9.17) is 15.5 Å². The molecule has 11 heteroatoms. The predicted molar refractivity (Wildman–Crippen MR) is 155 cm³/mol. The van der Waals surface area contributed by atoms with Crippen LogP contribution in [0.3, 0.4) is 0 Å². The third-order valence-electron chi connectivity index (χ3n) is 6.99. The molecule has 0 unspecified atom stereocenters. The van der Waals surface area contributed by atoms with Crippen molar-refractivity contribution in [2.24, 2.45) is 0 Å². The Bertz CT molecular complexity index is 1350. The van der Waals surface area contributed by atoms with Gasteiger partial charge in [-0.25, -0.2) is 15.0 Å². The van der Waals surface area contributed by atoms with Crippen LogP contribution in [0.15, 0.2) is 60.9 Å². The first-order valence-corrected chi connectivity index (χ1v) is 13.5. The van der Waals surface area contributed by atoms with Gasteiger partial charge in [-0.3, -0.25) is 9.59 Å². The Morgan fingerprint density at radius 2 is 1.68 bits per heavy atom. The van der Waals surface area contributed by atoms with Gasteiger partial charge in [0.05, 0.1) is 25.3 Å². The SMILES string of the molecule is CC=CC(=O)Nc1ccc(CC(=O)N2CCN(c3cc(-c4cnc(N)nc4)nc(N4CCOCC4)c3)CC2)cc1. The second-order valence-electron chi connectivity index (χ2n) is 9.73. The number of aromatic nitrogens is 3. The molecule has 1 aromatic carbocycles. The number of carbonyl (C=O) groups is 2. The first-order chi connectivity index (χ1) is 19.5. The standard InChI is InChI=1S/C29H34N8O3/c1-2-3-27(38)33-23-6-4-21(5-7-23)16-28(39)37-10-8-35(9-11-37)24-17-25(22-19-31-29(30)32-20-22)34-26(18-24)36-12-14-40-15-13-36/h2-7,17-20H,8-16H2,1H3,(H,33,38)(H2,30,31,32). The molecule has 2 aromatic heterocycles. The minimum Gasteiger partial charge on any atom is -0.378 e. The highest BCUT2D eigenvalue weighted by Gasteiger charge is 2.23. The van der Waals surface area contributed by atoms with Gasteiger partial charge in [0.25, 0.3) is 0 Å². The van der Waals surface area contributed by atoms with Crippen molar-refractivity contribution in [2.45, 2.75) is 13.3 Å². The number of anilines is 4. The van der Waals surface area contributed by atoms with Gasteiger partial charge in [0.15, 0.2) is 0 Å². The zero-order valence-corrected chi connectivity index (χ0v) is 22.6. The number of pyridine rings is 1. The van der Waals surface area contributed by atoms with E-state index in [-0.39, 0.29) is 17.8 Å². The molecule has 2 saturated heterocycles. The fourth-order valence-corrected chi connectivity index (χ4v) is 4.80. The summed E-state index contributed by atoms with van der Waals surface area (Å²) in [6.45, 7) is 7.37. The maximum Gasteiger partial charge on any atom is 0.248 e. The van der Waals surface area contributed by atoms with E-state index < -0.39 is 0 Å². The van der Waals surface area contributed by atoms with E-state index >= 15 is 0 Å². The van der Waals surface area contributed by atoms with Gasteiger partial charge in [0, 0.05) is 74.7 Å². The van der Waals surface area contributed by atoms with E-state index in [2.05, 4.69) is 31.2 Å². The van der Waals surface area contributed by atoms with Gasteiger partial charge in [-0.05, 0) is 36.8 Å². The number of piperazine rings is 1. The van der Waals surface area contributed by atoms with Crippen molar-refractivity contribution >= 4 is 35.0 Å². The normalized spacial score (nSPS) is 15.9. The smallest absolute Gasteiger partial charge is 0.248 e. The van der Waals surface area contributed by atoms with Crippen LogP contribution in [-0.2, 0) is 20.7 Å². The highest BCUT2D eigenvalue weighted by Crippen LogP contribution is 2.29. The van der Waals surface area contributed by atoms with Crippen molar-refractivity contribution < 1.29 is 14.3 Å². The number of hydrogen-bond donors (Lipinski definition) is 2. The lowest BCUT2D eigenvalue weighted by Gasteiger charge is -2.37. The average Bonchev–Trinajstić information content (AvgIpc) is 2.99. The maximum atomic E-state index is 13.1. The minimum atomic E-state index is -0.176. The molecule has 3 aromatic rings. The monoisotopic (exact) mass is 542 g/mol. The Kier molecular flexibility index (Phi) is 8.50. The molecule has 0 aliphatic carbocycles. The third-order valence-corrected chi connectivity index (χ3v) is 6.99. The Morgan fingerprint density at radius 3 is 2.35 bits per heavy atom. The third kappa shape index (κ3) is 6.73. The Morgan fingerprint density at radius 1 is 0.975 bits per heavy atom. The molecule has 11 nitrogen and oxygen atoms in total. The summed E-state index contributed by atoms with van der Waals surface area (Å²) in [6, 6.07) is 11.6. The number of rotatable bonds is 7. The van der Waals surface area contributed by atoms with Gasteiger partial charge in [0.1, 0.15) is 5.82 Å². The first kappa shape index (κ1) is 27.1. The van der Waals surface area contributed by atoms with E-state index in [1.165, 1.54) is 6.08 Å². The van der Waals surface area contributed by atoms with Crippen LogP contribution in [0.5, 0.6) is 0 Å². The van der Waals surface area contributed by atoms with Crippen molar-refractivity contribution in [3.8, 4) is 11.3 Å². The second kappa shape index (κ2) is 12.6. The van der Waals surface area contributed by atoms with Crippen LogP contribution in [0.4, 0.5) is 23.1 Å². The zero-order chi connectivity index (χ0) is 27.9. The summed E-state index contributed by atoms with van der Waals surface area (Å²) >= 11 is 0. The fraction of sp³-hybridized carbons (Fsp3) is 0.345. The lowest BCUT2D eigenvalue weighted by molar-refractivity contribution is -0.130. The molecule has 4 heterocycles. The van der Waals surface area contributed by atoms with Crippen molar-refractivity contribution in [1.29, 1.82) is 0 Å². The summed E-state index contributed by atoms with van der Waals surface area (Å²) in [4.78, 5) is 44.4. The van der Waals surface area contributed by atoms with Crippen LogP contribution in [0, 0.1) is 0 Å². The highest BCUT2D eigenvalue weighted by atomic mass is 16.5.